The first-order valence-electron chi connectivity index (χ1n) is 10.8. The topological polar surface area (TPSA) is 84.8 Å². The van der Waals surface area contributed by atoms with Crippen LogP contribution in [0.5, 0.6) is 0 Å². The van der Waals surface area contributed by atoms with Crippen molar-refractivity contribution in [2.24, 2.45) is 5.10 Å². The Bertz CT molecular complexity index is 1820. The molecule has 0 fully saturated rings. The van der Waals surface area contributed by atoms with Crippen LogP contribution in [0.25, 0.3) is 39.1 Å². The zero-order chi connectivity index (χ0) is 24.6. The highest BCUT2D eigenvalue weighted by molar-refractivity contribution is 7.14. The molecule has 4 aromatic heterocycles. The highest BCUT2D eigenvalue weighted by Gasteiger charge is 2.14. The minimum atomic E-state index is -0.469. The molecule has 0 aliphatic carbocycles. The van der Waals surface area contributed by atoms with Gasteiger partial charge in [-0.1, -0.05) is 41.4 Å². The number of anilines is 1. The van der Waals surface area contributed by atoms with E-state index in [0.29, 0.717) is 32.0 Å². The molecule has 6 aromatic rings. The molecule has 0 aliphatic rings. The molecule has 36 heavy (non-hydrogen) atoms. The van der Waals surface area contributed by atoms with E-state index in [4.69, 9.17) is 32.6 Å². The highest BCUT2D eigenvalue weighted by atomic mass is 35.5. The van der Waals surface area contributed by atoms with Gasteiger partial charge >= 0.3 is 5.63 Å². The molecule has 1 N–H and O–H groups in total. The van der Waals surface area contributed by atoms with Crippen molar-refractivity contribution in [3.63, 3.8) is 0 Å². The molecule has 2 aromatic carbocycles. The van der Waals surface area contributed by atoms with E-state index in [1.165, 1.54) is 11.3 Å². The van der Waals surface area contributed by atoms with Gasteiger partial charge < -0.3 is 4.42 Å². The van der Waals surface area contributed by atoms with E-state index in [-0.39, 0.29) is 0 Å². The number of hydrazone groups is 1. The Kier molecular flexibility index (Phi) is 5.77. The third kappa shape index (κ3) is 4.26. The quantitative estimate of drug-likeness (QED) is 0.147. The Labute approximate surface area is 218 Å². The van der Waals surface area contributed by atoms with Crippen LogP contribution in [0.15, 0.2) is 92.6 Å². The summed E-state index contributed by atoms with van der Waals surface area (Å²) in [6.07, 6.45) is 3.62. The lowest BCUT2D eigenvalue weighted by Crippen LogP contribution is -2.03. The van der Waals surface area contributed by atoms with E-state index in [9.17, 15) is 4.79 Å². The second-order valence-electron chi connectivity index (χ2n) is 7.82. The fraction of sp³-hybridized carbons (Fsp3) is 0. The third-order valence-corrected chi connectivity index (χ3v) is 6.74. The first kappa shape index (κ1) is 22.5. The standard InChI is InChI=1S/C26H15Cl2N5O2S/c27-17-6-4-15(5-7-17)24-21(33-10-2-1-3-23(33)31-24)13-29-32-26-30-20(14-36-26)19-12-16-11-18(28)8-9-22(16)35-25(19)34/h1-14H,(H,30,32)/b29-13+. The molecule has 0 amide bonds. The Hall–Kier alpha value is -3.98. The number of aromatic nitrogens is 3. The number of imidazole rings is 1. The van der Waals surface area contributed by atoms with Gasteiger partial charge in [-0.05, 0) is 48.5 Å². The molecule has 0 saturated heterocycles. The van der Waals surface area contributed by atoms with Crippen LogP contribution in [-0.4, -0.2) is 20.6 Å². The predicted molar refractivity (Wildman–Crippen MR) is 145 cm³/mol. The molecule has 0 aliphatic heterocycles. The van der Waals surface area contributed by atoms with Gasteiger partial charge in [-0.25, -0.2) is 14.8 Å². The summed E-state index contributed by atoms with van der Waals surface area (Å²) in [7, 11) is 0. The van der Waals surface area contributed by atoms with Crippen molar-refractivity contribution in [3.8, 4) is 22.5 Å². The van der Waals surface area contributed by atoms with Gasteiger partial charge in [0, 0.05) is 32.6 Å². The number of hydrogen-bond acceptors (Lipinski definition) is 7. The number of rotatable bonds is 5. The number of hydrogen-bond donors (Lipinski definition) is 1. The van der Waals surface area contributed by atoms with Gasteiger partial charge in [-0.3, -0.25) is 9.83 Å². The zero-order valence-corrected chi connectivity index (χ0v) is 20.7. The molecular weight excluding hydrogens is 517 g/mol. The Morgan fingerprint density at radius 3 is 2.69 bits per heavy atom. The van der Waals surface area contributed by atoms with Crippen molar-refractivity contribution >= 4 is 62.5 Å². The van der Waals surface area contributed by atoms with Gasteiger partial charge in [-0.2, -0.15) is 5.10 Å². The molecule has 0 radical (unpaired) electrons. The number of pyridine rings is 1. The van der Waals surface area contributed by atoms with E-state index >= 15 is 0 Å². The Morgan fingerprint density at radius 2 is 1.83 bits per heavy atom. The maximum Gasteiger partial charge on any atom is 0.345 e. The molecule has 6 rings (SSSR count). The molecule has 4 heterocycles. The van der Waals surface area contributed by atoms with Crippen molar-refractivity contribution in [2.45, 2.75) is 0 Å². The van der Waals surface area contributed by atoms with E-state index in [2.05, 4.69) is 15.5 Å². The van der Waals surface area contributed by atoms with E-state index in [1.807, 2.05) is 53.1 Å². The van der Waals surface area contributed by atoms with Crippen LogP contribution < -0.4 is 11.1 Å². The second kappa shape index (κ2) is 9.23. The number of nitrogens with zero attached hydrogens (tertiary/aromatic N) is 4. The van der Waals surface area contributed by atoms with Crippen LogP contribution in [0.4, 0.5) is 5.13 Å². The zero-order valence-electron chi connectivity index (χ0n) is 18.4. The van der Waals surface area contributed by atoms with Crippen LogP contribution in [0.3, 0.4) is 0 Å². The molecular formula is C26H15Cl2N5O2S. The van der Waals surface area contributed by atoms with E-state index < -0.39 is 5.63 Å². The number of fused-ring (bicyclic) bond motifs is 2. The molecule has 0 spiro atoms. The molecule has 0 atom stereocenters. The normalized spacial score (nSPS) is 11.6. The number of halogens is 2. The molecule has 7 nitrogen and oxygen atoms in total. The van der Waals surface area contributed by atoms with E-state index in [1.54, 1.807) is 35.9 Å². The third-order valence-electron chi connectivity index (χ3n) is 5.51. The lowest BCUT2D eigenvalue weighted by Gasteiger charge is -2.01. The van der Waals surface area contributed by atoms with Gasteiger partial charge in [0.1, 0.15) is 11.2 Å². The average Bonchev–Trinajstić information content (AvgIpc) is 3.49. The molecule has 10 heteroatoms. The lowest BCUT2D eigenvalue weighted by atomic mass is 10.1. The minimum absolute atomic E-state index is 0.352. The van der Waals surface area contributed by atoms with Gasteiger partial charge in [0.15, 0.2) is 0 Å². The monoisotopic (exact) mass is 531 g/mol. The van der Waals surface area contributed by atoms with Crippen molar-refractivity contribution in [2.75, 3.05) is 5.43 Å². The summed E-state index contributed by atoms with van der Waals surface area (Å²) in [5.74, 6) is 0. The van der Waals surface area contributed by atoms with Gasteiger partial charge in [0.05, 0.1) is 28.9 Å². The first-order valence-corrected chi connectivity index (χ1v) is 12.4. The summed E-state index contributed by atoms with van der Waals surface area (Å²) in [4.78, 5) is 21.8. The molecule has 0 saturated carbocycles. The average molecular weight is 532 g/mol. The minimum Gasteiger partial charge on any atom is -0.422 e. The van der Waals surface area contributed by atoms with Crippen molar-refractivity contribution in [3.05, 3.63) is 104 Å². The molecule has 176 valence electrons. The van der Waals surface area contributed by atoms with Crippen LogP contribution >= 0.6 is 34.5 Å². The molecule has 0 bridgehead atoms. The summed E-state index contributed by atoms with van der Waals surface area (Å²) < 4.78 is 7.38. The number of benzene rings is 2. The van der Waals surface area contributed by atoms with Crippen molar-refractivity contribution in [1.29, 1.82) is 0 Å². The largest absolute Gasteiger partial charge is 0.422 e. The molecule has 0 unspecified atom stereocenters. The maximum atomic E-state index is 12.5. The van der Waals surface area contributed by atoms with Crippen molar-refractivity contribution in [1.82, 2.24) is 14.4 Å². The van der Waals surface area contributed by atoms with Crippen LogP contribution in [-0.2, 0) is 0 Å². The summed E-state index contributed by atoms with van der Waals surface area (Å²) in [6, 6.07) is 20.1. The highest BCUT2D eigenvalue weighted by Crippen LogP contribution is 2.27. The summed E-state index contributed by atoms with van der Waals surface area (Å²) in [5, 5.41) is 8.62. The van der Waals surface area contributed by atoms with Crippen LogP contribution in [0, 0.1) is 0 Å². The fourth-order valence-corrected chi connectivity index (χ4v) is 4.79. The first-order chi connectivity index (χ1) is 17.5. The van der Waals surface area contributed by atoms with Gasteiger partial charge in [0.2, 0.25) is 5.13 Å². The number of thiazole rings is 1. The summed E-state index contributed by atoms with van der Waals surface area (Å²) >= 11 is 13.5. The fourth-order valence-electron chi connectivity index (χ4n) is 3.83. The van der Waals surface area contributed by atoms with Gasteiger partial charge in [0.25, 0.3) is 0 Å². The Balaban J connectivity index is 1.30. The maximum absolute atomic E-state index is 12.5. The summed E-state index contributed by atoms with van der Waals surface area (Å²) in [6.45, 7) is 0. The van der Waals surface area contributed by atoms with Crippen LogP contribution in [0.2, 0.25) is 10.0 Å². The SMILES string of the molecule is O=c1oc2ccc(Cl)cc2cc1-c1csc(N/N=C/c2c(-c3ccc(Cl)cc3)nc3ccccn23)n1. The summed E-state index contributed by atoms with van der Waals surface area (Å²) in [5.41, 5.74) is 7.08. The van der Waals surface area contributed by atoms with E-state index in [0.717, 1.165) is 28.0 Å². The Morgan fingerprint density at radius 1 is 1.00 bits per heavy atom. The lowest BCUT2D eigenvalue weighted by molar-refractivity contribution is 0.563. The van der Waals surface area contributed by atoms with Gasteiger partial charge in [-0.15, -0.1) is 11.3 Å². The number of nitrogens with one attached hydrogen (secondary N) is 1. The van der Waals surface area contributed by atoms with Crippen molar-refractivity contribution < 1.29 is 4.42 Å². The second-order valence-corrected chi connectivity index (χ2v) is 9.55. The van der Waals surface area contributed by atoms with Crippen LogP contribution in [0.1, 0.15) is 5.69 Å². The predicted octanol–water partition coefficient (Wildman–Crippen LogP) is 6.98. The smallest absolute Gasteiger partial charge is 0.345 e.